The molecule has 0 aliphatic heterocycles. The Labute approximate surface area is 173 Å². The van der Waals surface area contributed by atoms with E-state index in [1.54, 1.807) is 34.9 Å². The third-order valence-electron chi connectivity index (χ3n) is 4.43. The first-order valence-electron chi connectivity index (χ1n) is 9.49. The maximum Gasteiger partial charge on any atom is 0.164 e. The summed E-state index contributed by atoms with van der Waals surface area (Å²) in [6.07, 6.45) is 6.83. The van der Waals surface area contributed by atoms with Crippen LogP contribution in [0.2, 0.25) is 0 Å². The second kappa shape index (κ2) is 8.26. The first kappa shape index (κ1) is 19.5. The van der Waals surface area contributed by atoms with E-state index in [4.69, 9.17) is 10.00 Å². The molecule has 0 saturated heterocycles. The number of methoxy groups -OCH3 is 1. The predicted octanol–water partition coefficient (Wildman–Crippen LogP) is 2.41. The minimum Gasteiger partial charge on any atom is -0.383 e. The Morgan fingerprint density at radius 1 is 1.20 bits per heavy atom. The molecule has 4 aromatic rings. The number of fused-ring (bicyclic) bond motifs is 1. The smallest absolute Gasteiger partial charge is 0.164 e. The van der Waals surface area contributed by atoms with Crippen molar-refractivity contribution in [1.29, 1.82) is 5.26 Å². The fraction of sp³-hybridized carbons (Fsp3) is 0.300. The summed E-state index contributed by atoms with van der Waals surface area (Å²) in [5.74, 6) is 0.612. The van der Waals surface area contributed by atoms with E-state index in [1.807, 2.05) is 12.3 Å². The molecule has 1 N–H and O–H groups in total. The van der Waals surface area contributed by atoms with Gasteiger partial charge in [-0.05, 0) is 19.9 Å². The summed E-state index contributed by atoms with van der Waals surface area (Å²) >= 11 is 0. The molecular weight excluding hydrogens is 382 g/mol. The zero-order valence-electron chi connectivity index (χ0n) is 16.9. The van der Waals surface area contributed by atoms with Gasteiger partial charge in [0.05, 0.1) is 31.1 Å². The normalized spacial score (nSPS) is 11.2. The van der Waals surface area contributed by atoms with Gasteiger partial charge < -0.3 is 10.1 Å². The lowest BCUT2D eigenvalue weighted by atomic mass is 10.1. The number of rotatable bonds is 7. The molecular formula is C20H21N9O. The zero-order valence-corrected chi connectivity index (χ0v) is 16.9. The Balaban J connectivity index is 1.75. The number of aromatic nitrogens is 7. The predicted molar refractivity (Wildman–Crippen MR) is 111 cm³/mol. The minimum absolute atomic E-state index is 0.202. The third kappa shape index (κ3) is 3.83. The van der Waals surface area contributed by atoms with Crippen LogP contribution < -0.4 is 5.32 Å². The number of hydrogen-bond acceptors (Lipinski definition) is 8. The molecule has 0 atom stereocenters. The summed E-state index contributed by atoms with van der Waals surface area (Å²) in [4.78, 5) is 8.95. The molecule has 4 heterocycles. The maximum atomic E-state index is 9.07. The van der Waals surface area contributed by atoms with Crippen LogP contribution in [-0.2, 0) is 11.3 Å². The Bertz CT molecular complexity index is 1220. The average Bonchev–Trinajstić information content (AvgIpc) is 3.38. The van der Waals surface area contributed by atoms with Crippen LogP contribution >= 0.6 is 0 Å². The highest BCUT2D eigenvalue weighted by molar-refractivity contribution is 5.79. The molecule has 0 aromatic carbocycles. The second-order valence-electron chi connectivity index (χ2n) is 7.05. The van der Waals surface area contributed by atoms with Crippen molar-refractivity contribution in [2.24, 2.45) is 0 Å². The van der Waals surface area contributed by atoms with Crippen LogP contribution in [0.5, 0.6) is 0 Å². The fourth-order valence-electron chi connectivity index (χ4n) is 3.06. The van der Waals surface area contributed by atoms with Crippen LogP contribution in [0, 0.1) is 11.3 Å². The topological polar surface area (TPSA) is 119 Å². The molecule has 10 nitrogen and oxygen atoms in total. The lowest BCUT2D eigenvalue weighted by Crippen LogP contribution is -2.12. The van der Waals surface area contributed by atoms with Crippen LogP contribution in [-0.4, -0.2) is 54.5 Å². The summed E-state index contributed by atoms with van der Waals surface area (Å²) in [6.45, 7) is 5.31. The zero-order chi connectivity index (χ0) is 21.1. The van der Waals surface area contributed by atoms with Crippen molar-refractivity contribution in [1.82, 2.24) is 34.7 Å². The molecule has 10 heteroatoms. The number of nitrogens with zero attached hydrogens (tertiary/aromatic N) is 8. The lowest BCUT2D eigenvalue weighted by Gasteiger charge is -2.14. The van der Waals surface area contributed by atoms with E-state index in [-0.39, 0.29) is 6.04 Å². The lowest BCUT2D eigenvalue weighted by molar-refractivity contribution is 0.183. The molecule has 30 heavy (non-hydrogen) atoms. The first-order chi connectivity index (χ1) is 14.6. The summed E-state index contributed by atoms with van der Waals surface area (Å²) in [6, 6.07) is 5.96. The minimum atomic E-state index is 0.202. The van der Waals surface area contributed by atoms with Crippen molar-refractivity contribution >= 4 is 16.7 Å². The van der Waals surface area contributed by atoms with Crippen molar-refractivity contribution in [2.75, 3.05) is 19.0 Å². The number of hydrogen-bond donors (Lipinski definition) is 1. The maximum absolute atomic E-state index is 9.07. The molecule has 0 fully saturated rings. The van der Waals surface area contributed by atoms with E-state index in [9.17, 15) is 0 Å². The number of ether oxygens (including phenoxy) is 1. The van der Waals surface area contributed by atoms with Gasteiger partial charge in [-0.1, -0.05) is 5.21 Å². The van der Waals surface area contributed by atoms with Gasteiger partial charge in [-0.15, -0.1) is 5.10 Å². The molecule has 0 unspecified atom stereocenters. The van der Waals surface area contributed by atoms with E-state index < -0.39 is 0 Å². The number of pyridine rings is 2. The molecule has 0 radical (unpaired) electrons. The highest BCUT2D eigenvalue weighted by Crippen LogP contribution is 2.28. The molecule has 0 saturated carbocycles. The molecule has 4 rings (SSSR count). The van der Waals surface area contributed by atoms with Crippen molar-refractivity contribution in [3.8, 4) is 23.1 Å². The Morgan fingerprint density at radius 3 is 2.83 bits per heavy atom. The number of nitriles is 1. The Hall–Kier alpha value is -3.84. The van der Waals surface area contributed by atoms with Crippen molar-refractivity contribution < 1.29 is 4.74 Å². The molecule has 4 aromatic heterocycles. The van der Waals surface area contributed by atoms with Crippen molar-refractivity contribution in [2.45, 2.75) is 26.4 Å². The number of anilines is 1. The van der Waals surface area contributed by atoms with Gasteiger partial charge >= 0.3 is 0 Å². The fourth-order valence-corrected chi connectivity index (χ4v) is 3.06. The summed E-state index contributed by atoms with van der Waals surface area (Å²) in [5, 5.41) is 26.1. The van der Waals surface area contributed by atoms with Gasteiger partial charge in [0, 0.05) is 48.2 Å². The highest BCUT2D eigenvalue weighted by atomic mass is 16.5. The molecule has 0 aliphatic rings. The molecule has 0 spiro atoms. The van der Waals surface area contributed by atoms with Gasteiger partial charge in [-0.25, -0.2) is 14.6 Å². The summed E-state index contributed by atoms with van der Waals surface area (Å²) in [5.41, 5.74) is 3.55. The summed E-state index contributed by atoms with van der Waals surface area (Å²) in [7, 11) is 1.65. The van der Waals surface area contributed by atoms with Gasteiger partial charge in [0.2, 0.25) is 0 Å². The van der Waals surface area contributed by atoms with Crippen molar-refractivity contribution in [3.63, 3.8) is 0 Å². The largest absolute Gasteiger partial charge is 0.383 e. The van der Waals surface area contributed by atoms with Crippen LogP contribution in [0.4, 0.5) is 5.69 Å². The van der Waals surface area contributed by atoms with Crippen LogP contribution in [0.3, 0.4) is 0 Å². The molecule has 0 aliphatic carbocycles. The van der Waals surface area contributed by atoms with Gasteiger partial charge in [0.25, 0.3) is 0 Å². The monoisotopic (exact) mass is 403 g/mol. The van der Waals surface area contributed by atoms with E-state index in [1.165, 1.54) is 6.20 Å². The van der Waals surface area contributed by atoms with Crippen molar-refractivity contribution in [3.05, 3.63) is 42.5 Å². The highest BCUT2D eigenvalue weighted by Gasteiger charge is 2.15. The van der Waals surface area contributed by atoms with E-state index >= 15 is 0 Å². The molecule has 0 bridgehead atoms. The molecule has 0 amide bonds. The molecule has 152 valence electrons. The van der Waals surface area contributed by atoms with Gasteiger partial charge in [0.1, 0.15) is 11.8 Å². The summed E-state index contributed by atoms with van der Waals surface area (Å²) < 4.78 is 8.49. The SMILES string of the molecule is COCCn1cc(-c2cnc(-n3ncc4cc(C#N)cnc43)cc2NC(C)C)nn1. The van der Waals surface area contributed by atoms with E-state index in [0.717, 1.165) is 22.3 Å². The average molecular weight is 403 g/mol. The van der Waals surface area contributed by atoms with Gasteiger partial charge in [-0.2, -0.15) is 15.0 Å². The Morgan fingerprint density at radius 2 is 2.07 bits per heavy atom. The quantitative estimate of drug-likeness (QED) is 0.500. The standard InChI is InChI=1S/C20H21N9O/c1-13(2)25-17-7-19(29-20-15(10-24-29)6-14(8-21)9-23-20)22-11-16(17)18-12-28(27-26-18)4-5-30-3/h6-7,9-13H,4-5H2,1-3H3,(H,22,25). The Kier molecular flexibility index (Phi) is 5.36. The second-order valence-corrected chi connectivity index (χ2v) is 7.05. The van der Waals surface area contributed by atoms with Crippen LogP contribution in [0.15, 0.2) is 36.9 Å². The first-order valence-corrected chi connectivity index (χ1v) is 9.49. The van der Waals surface area contributed by atoms with Gasteiger partial charge in [0.15, 0.2) is 11.5 Å². The van der Waals surface area contributed by atoms with Crippen LogP contribution in [0.25, 0.3) is 28.1 Å². The van der Waals surface area contributed by atoms with Gasteiger partial charge in [-0.3, -0.25) is 0 Å². The van der Waals surface area contributed by atoms with Crippen LogP contribution in [0.1, 0.15) is 19.4 Å². The third-order valence-corrected chi connectivity index (χ3v) is 4.43. The van der Waals surface area contributed by atoms with E-state index in [0.29, 0.717) is 30.2 Å². The van der Waals surface area contributed by atoms with E-state index in [2.05, 4.69) is 50.6 Å². The number of nitrogens with one attached hydrogen (secondary N) is 1.